The zero-order valence-electron chi connectivity index (χ0n) is 11.4. The Balaban J connectivity index is 2.13. The van der Waals surface area contributed by atoms with E-state index in [0.717, 1.165) is 5.56 Å². The fraction of sp³-hybridized carbons (Fsp3) is 0.267. The number of methoxy groups -OCH3 is 1. The van der Waals surface area contributed by atoms with Crippen molar-refractivity contribution in [2.45, 2.75) is 12.6 Å². The van der Waals surface area contributed by atoms with Gasteiger partial charge in [0.1, 0.15) is 5.56 Å². The SMILES string of the molecule is COc1nccc(NCCc2ccccc2)c1C(F)(F)F. The molecule has 0 saturated heterocycles. The third kappa shape index (κ3) is 3.87. The number of nitrogens with one attached hydrogen (secondary N) is 1. The summed E-state index contributed by atoms with van der Waals surface area (Å²) in [5.41, 5.74) is 0.158. The van der Waals surface area contributed by atoms with E-state index in [2.05, 4.69) is 10.3 Å². The van der Waals surface area contributed by atoms with Crippen molar-refractivity contribution in [3.63, 3.8) is 0 Å². The molecule has 0 fully saturated rings. The Morgan fingerprint density at radius 3 is 2.48 bits per heavy atom. The molecule has 112 valence electrons. The Morgan fingerprint density at radius 1 is 1.14 bits per heavy atom. The van der Waals surface area contributed by atoms with Gasteiger partial charge in [0, 0.05) is 12.7 Å². The van der Waals surface area contributed by atoms with Gasteiger partial charge in [-0.2, -0.15) is 13.2 Å². The van der Waals surface area contributed by atoms with Crippen LogP contribution in [0.5, 0.6) is 5.88 Å². The lowest BCUT2D eigenvalue weighted by Gasteiger charge is -2.16. The summed E-state index contributed by atoms with van der Waals surface area (Å²) < 4.78 is 44.0. The molecule has 0 bridgehead atoms. The standard InChI is InChI=1S/C15H15F3N2O/c1-21-14-13(15(16,17)18)12(8-10-20-14)19-9-7-11-5-3-2-4-6-11/h2-6,8,10H,7,9H2,1H3,(H,19,20). The van der Waals surface area contributed by atoms with Gasteiger partial charge in [-0.05, 0) is 18.1 Å². The normalized spacial score (nSPS) is 11.2. The first-order valence-corrected chi connectivity index (χ1v) is 6.40. The Hall–Kier alpha value is -2.24. The molecular formula is C15H15F3N2O. The van der Waals surface area contributed by atoms with Crippen molar-refractivity contribution in [2.75, 3.05) is 19.0 Å². The summed E-state index contributed by atoms with van der Waals surface area (Å²) in [4.78, 5) is 3.61. The summed E-state index contributed by atoms with van der Waals surface area (Å²) in [6.45, 7) is 0.389. The van der Waals surface area contributed by atoms with Crippen LogP contribution in [-0.4, -0.2) is 18.6 Å². The van der Waals surface area contributed by atoms with E-state index in [1.807, 2.05) is 30.3 Å². The minimum absolute atomic E-state index is 0.0229. The van der Waals surface area contributed by atoms with Gasteiger partial charge in [-0.15, -0.1) is 0 Å². The van der Waals surface area contributed by atoms with Crippen LogP contribution in [0.15, 0.2) is 42.6 Å². The second-order valence-corrected chi connectivity index (χ2v) is 4.40. The lowest BCUT2D eigenvalue weighted by atomic mass is 10.1. The van der Waals surface area contributed by atoms with E-state index < -0.39 is 17.6 Å². The van der Waals surface area contributed by atoms with Gasteiger partial charge in [-0.1, -0.05) is 30.3 Å². The molecule has 21 heavy (non-hydrogen) atoms. The summed E-state index contributed by atoms with van der Waals surface area (Å²) in [5.74, 6) is -0.424. The van der Waals surface area contributed by atoms with E-state index in [0.29, 0.717) is 13.0 Å². The smallest absolute Gasteiger partial charge is 0.423 e. The highest BCUT2D eigenvalue weighted by Gasteiger charge is 2.38. The maximum Gasteiger partial charge on any atom is 0.423 e. The van der Waals surface area contributed by atoms with Crippen molar-refractivity contribution < 1.29 is 17.9 Å². The zero-order chi connectivity index (χ0) is 15.3. The first kappa shape index (κ1) is 15.2. The molecule has 0 saturated carbocycles. The second kappa shape index (κ2) is 6.47. The number of alkyl halides is 3. The second-order valence-electron chi connectivity index (χ2n) is 4.40. The maximum atomic E-state index is 13.1. The van der Waals surface area contributed by atoms with Crippen LogP contribution in [0, 0.1) is 0 Å². The maximum absolute atomic E-state index is 13.1. The van der Waals surface area contributed by atoms with Crippen LogP contribution in [0.2, 0.25) is 0 Å². The van der Waals surface area contributed by atoms with Crippen LogP contribution in [0.3, 0.4) is 0 Å². The molecule has 0 aliphatic rings. The number of hydrogen-bond acceptors (Lipinski definition) is 3. The molecule has 0 atom stereocenters. The van der Waals surface area contributed by atoms with Crippen LogP contribution in [-0.2, 0) is 12.6 Å². The fourth-order valence-corrected chi connectivity index (χ4v) is 2.00. The molecule has 2 aromatic rings. The molecule has 3 nitrogen and oxygen atoms in total. The third-order valence-corrected chi connectivity index (χ3v) is 2.96. The number of hydrogen-bond donors (Lipinski definition) is 1. The predicted octanol–water partition coefficient (Wildman–Crippen LogP) is 3.76. The molecule has 0 unspecified atom stereocenters. The first-order chi connectivity index (χ1) is 10.0. The van der Waals surface area contributed by atoms with Gasteiger partial charge in [-0.3, -0.25) is 0 Å². The fourth-order valence-electron chi connectivity index (χ4n) is 2.00. The summed E-state index contributed by atoms with van der Waals surface area (Å²) in [6, 6.07) is 10.8. The number of ether oxygens (including phenoxy) is 1. The van der Waals surface area contributed by atoms with Gasteiger partial charge >= 0.3 is 6.18 Å². The lowest BCUT2D eigenvalue weighted by Crippen LogP contribution is -2.15. The number of nitrogens with zero attached hydrogens (tertiary/aromatic N) is 1. The van der Waals surface area contributed by atoms with Crippen LogP contribution in [0.4, 0.5) is 18.9 Å². The van der Waals surface area contributed by atoms with Gasteiger partial charge in [0.15, 0.2) is 0 Å². The van der Waals surface area contributed by atoms with Crippen molar-refractivity contribution in [1.82, 2.24) is 4.98 Å². The zero-order valence-corrected chi connectivity index (χ0v) is 11.4. The van der Waals surface area contributed by atoms with Crippen LogP contribution in [0.25, 0.3) is 0 Å². The average Bonchev–Trinajstić information content (AvgIpc) is 2.47. The highest BCUT2D eigenvalue weighted by Crippen LogP contribution is 2.39. The van der Waals surface area contributed by atoms with Gasteiger partial charge in [0.05, 0.1) is 12.8 Å². The van der Waals surface area contributed by atoms with Crippen LogP contribution >= 0.6 is 0 Å². The molecule has 0 aliphatic heterocycles. The quantitative estimate of drug-likeness (QED) is 0.912. The number of anilines is 1. The van der Waals surface area contributed by atoms with Crippen molar-refractivity contribution in [3.05, 3.63) is 53.7 Å². The Labute approximate surface area is 120 Å². The van der Waals surface area contributed by atoms with Gasteiger partial charge in [0.2, 0.25) is 5.88 Å². The molecule has 2 rings (SSSR count). The summed E-state index contributed by atoms with van der Waals surface area (Å²) in [6.07, 6.45) is -2.60. The van der Waals surface area contributed by atoms with Crippen molar-refractivity contribution >= 4 is 5.69 Å². The lowest BCUT2D eigenvalue weighted by molar-refractivity contribution is -0.138. The van der Waals surface area contributed by atoms with Gasteiger partial charge in [0.25, 0.3) is 0 Å². The summed E-state index contributed by atoms with van der Waals surface area (Å²) in [5, 5.41) is 2.80. The molecule has 1 N–H and O–H groups in total. The summed E-state index contributed by atoms with van der Waals surface area (Å²) in [7, 11) is 1.17. The van der Waals surface area contributed by atoms with Crippen LogP contribution < -0.4 is 10.1 Å². The highest BCUT2D eigenvalue weighted by atomic mass is 19.4. The largest absolute Gasteiger partial charge is 0.481 e. The summed E-state index contributed by atoms with van der Waals surface area (Å²) >= 11 is 0. The average molecular weight is 296 g/mol. The number of benzene rings is 1. The number of halogens is 3. The Morgan fingerprint density at radius 2 is 1.86 bits per heavy atom. The molecular weight excluding hydrogens is 281 g/mol. The van der Waals surface area contributed by atoms with E-state index >= 15 is 0 Å². The molecule has 1 heterocycles. The topological polar surface area (TPSA) is 34.1 Å². The van der Waals surface area contributed by atoms with E-state index in [1.165, 1.54) is 19.4 Å². The minimum Gasteiger partial charge on any atom is -0.481 e. The van der Waals surface area contributed by atoms with Crippen molar-refractivity contribution in [3.8, 4) is 5.88 Å². The van der Waals surface area contributed by atoms with E-state index in [-0.39, 0.29) is 5.69 Å². The van der Waals surface area contributed by atoms with Gasteiger partial charge in [-0.25, -0.2) is 4.98 Å². The van der Waals surface area contributed by atoms with Crippen molar-refractivity contribution in [2.24, 2.45) is 0 Å². The van der Waals surface area contributed by atoms with E-state index in [1.54, 1.807) is 0 Å². The highest BCUT2D eigenvalue weighted by molar-refractivity contribution is 5.56. The minimum atomic E-state index is -4.52. The molecule has 1 aromatic carbocycles. The predicted molar refractivity (Wildman–Crippen MR) is 74.4 cm³/mol. The molecule has 6 heteroatoms. The monoisotopic (exact) mass is 296 g/mol. The Bertz CT molecular complexity index is 585. The first-order valence-electron chi connectivity index (χ1n) is 6.40. The van der Waals surface area contributed by atoms with Crippen molar-refractivity contribution in [1.29, 1.82) is 0 Å². The van der Waals surface area contributed by atoms with Gasteiger partial charge < -0.3 is 10.1 Å². The Kier molecular flexibility index (Phi) is 4.67. The number of aromatic nitrogens is 1. The molecule has 1 aromatic heterocycles. The number of pyridine rings is 1. The molecule has 0 amide bonds. The van der Waals surface area contributed by atoms with E-state index in [9.17, 15) is 13.2 Å². The van der Waals surface area contributed by atoms with Crippen LogP contribution in [0.1, 0.15) is 11.1 Å². The third-order valence-electron chi connectivity index (χ3n) is 2.96. The molecule has 0 aliphatic carbocycles. The number of rotatable bonds is 5. The van der Waals surface area contributed by atoms with E-state index in [4.69, 9.17) is 4.74 Å². The molecule has 0 spiro atoms. The molecule has 0 radical (unpaired) electrons.